The lowest BCUT2D eigenvalue weighted by atomic mass is 10.1. The molecule has 1 fully saturated rings. The third kappa shape index (κ3) is 4.18. The van der Waals surface area contributed by atoms with Crippen LogP contribution in [-0.4, -0.2) is 45.4 Å². The number of amides is 1. The Morgan fingerprint density at radius 3 is 2.68 bits per heavy atom. The van der Waals surface area contributed by atoms with Gasteiger partial charge in [0.15, 0.2) is 0 Å². The Hall–Kier alpha value is -1.96. The summed E-state index contributed by atoms with van der Waals surface area (Å²) in [7, 11) is -3.63. The maximum Gasteiger partial charge on any atom is 0.240 e. The Kier molecular flexibility index (Phi) is 5.36. The zero-order valence-electron chi connectivity index (χ0n) is 14.0. The van der Waals surface area contributed by atoms with Crippen molar-refractivity contribution in [1.82, 2.24) is 9.62 Å². The monoisotopic (exact) mass is 361 g/mol. The Bertz CT molecular complexity index is 867. The number of sulfonamides is 1. The number of carbonyl (C=O) groups excluding carboxylic acids is 1. The summed E-state index contributed by atoms with van der Waals surface area (Å²) in [5.41, 5.74) is 5.63. The first kappa shape index (κ1) is 17.8. The SMILES string of the molecule is NCC1CCN(C(=O)CCNS(=O)(=O)c2ccc3ccccc3c2)C1. The van der Waals surface area contributed by atoms with Crippen molar-refractivity contribution in [2.75, 3.05) is 26.2 Å². The molecule has 1 atom stereocenters. The Morgan fingerprint density at radius 2 is 1.96 bits per heavy atom. The van der Waals surface area contributed by atoms with E-state index in [9.17, 15) is 13.2 Å². The van der Waals surface area contributed by atoms with E-state index in [2.05, 4.69) is 4.72 Å². The van der Waals surface area contributed by atoms with E-state index in [0.29, 0.717) is 25.6 Å². The van der Waals surface area contributed by atoms with E-state index in [1.54, 1.807) is 23.1 Å². The summed E-state index contributed by atoms with van der Waals surface area (Å²) in [6, 6.07) is 12.6. The van der Waals surface area contributed by atoms with Crippen LogP contribution < -0.4 is 10.5 Å². The fourth-order valence-corrected chi connectivity index (χ4v) is 4.19. The second-order valence-corrected chi connectivity index (χ2v) is 8.15. The highest BCUT2D eigenvalue weighted by Crippen LogP contribution is 2.19. The van der Waals surface area contributed by atoms with Crippen LogP contribution in [0.25, 0.3) is 10.8 Å². The van der Waals surface area contributed by atoms with Crippen molar-refractivity contribution in [2.24, 2.45) is 11.7 Å². The second-order valence-electron chi connectivity index (χ2n) is 6.39. The summed E-state index contributed by atoms with van der Waals surface area (Å²) >= 11 is 0. The Labute approximate surface area is 148 Å². The average Bonchev–Trinajstić information content (AvgIpc) is 3.10. The molecule has 2 aromatic carbocycles. The zero-order chi connectivity index (χ0) is 17.9. The van der Waals surface area contributed by atoms with Gasteiger partial charge in [-0.2, -0.15) is 0 Å². The van der Waals surface area contributed by atoms with Crippen LogP contribution in [0.15, 0.2) is 47.4 Å². The van der Waals surface area contributed by atoms with Gasteiger partial charge in [-0.1, -0.05) is 30.3 Å². The average molecular weight is 361 g/mol. The standard InChI is InChI=1S/C18H23N3O3S/c19-12-14-8-10-21(13-14)18(22)7-9-20-25(23,24)17-6-5-15-3-1-2-4-16(15)11-17/h1-6,11,14,20H,7-10,12-13,19H2. The number of fused-ring (bicyclic) bond motifs is 1. The van der Waals surface area contributed by atoms with Gasteiger partial charge in [-0.05, 0) is 41.8 Å². The fraction of sp³-hybridized carbons (Fsp3) is 0.389. The van der Waals surface area contributed by atoms with E-state index < -0.39 is 10.0 Å². The number of nitrogens with zero attached hydrogens (tertiary/aromatic N) is 1. The summed E-state index contributed by atoms with van der Waals surface area (Å²) in [4.78, 5) is 14.1. The molecular weight excluding hydrogens is 338 g/mol. The van der Waals surface area contributed by atoms with Crippen LogP contribution in [0.4, 0.5) is 0 Å². The molecule has 0 radical (unpaired) electrons. The van der Waals surface area contributed by atoms with Crippen molar-refractivity contribution in [2.45, 2.75) is 17.7 Å². The van der Waals surface area contributed by atoms with Crippen LogP contribution in [-0.2, 0) is 14.8 Å². The van der Waals surface area contributed by atoms with Crippen molar-refractivity contribution in [3.63, 3.8) is 0 Å². The van der Waals surface area contributed by atoms with Crippen LogP contribution >= 0.6 is 0 Å². The molecule has 3 N–H and O–H groups in total. The first-order valence-corrected chi connectivity index (χ1v) is 9.94. The molecule has 1 amide bonds. The molecule has 3 rings (SSSR count). The lowest BCUT2D eigenvalue weighted by molar-refractivity contribution is -0.130. The molecule has 134 valence electrons. The number of benzene rings is 2. The summed E-state index contributed by atoms with van der Waals surface area (Å²) in [6.45, 7) is 2.06. The minimum absolute atomic E-state index is 0.0304. The van der Waals surface area contributed by atoms with Crippen molar-refractivity contribution < 1.29 is 13.2 Å². The number of nitrogens with one attached hydrogen (secondary N) is 1. The van der Waals surface area contributed by atoms with E-state index in [4.69, 9.17) is 5.73 Å². The highest BCUT2D eigenvalue weighted by Gasteiger charge is 2.25. The quantitative estimate of drug-likeness (QED) is 0.811. The predicted octanol–water partition coefficient (Wildman–Crippen LogP) is 1.32. The van der Waals surface area contributed by atoms with Crippen LogP contribution in [0.3, 0.4) is 0 Å². The third-order valence-electron chi connectivity index (χ3n) is 4.63. The largest absolute Gasteiger partial charge is 0.342 e. The van der Waals surface area contributed by atoms with E-state index in [0.717, 1.165) is 17.2 Å². The molecule has 0 aromatic heterocycles. The second kappa shape index (κ2) is 7.51. The number of hydrogen-bond donors (Lipinski definition) is 2. The molecule has 1 aliphatic heterocycles. The van der Waals surface area contributed by atoms with Crippen LogP contribution in [0.5, 0.6) is 0 Å². The van der Waals surface area contributed by atoms with Crippen molar-refractivity contribution in [3.8, 4) is 0 Å². The van der Waals surface area contributed by atoms with Gasteiger partial charge in [0.1, 0.15) is 0 Å². The molecule has 0 saturated carbocycles. The molecule has 0 bridgehead atoms. The zero-order valence-corrected chi connectivity index (χ0v) is 14.8. The maximum absolute atomic E-state index is 12.4. The lowest BCUT2D eigenvalue weighted by Gasteiger charge is -2.16. The van der Waals surface area contributed by atoms with Crippen molar-refractivity contribution in [1.29, 1.82) is 0 Å². The van der Waals surface area contributed by atoms with Crippen molar-refractivity contribution >= 4 is 26.7 Å². The fourth-order valence-electron chi connectivity index (χ4n) is 3.12. The number of likely N-dealkylation sites (tertiary alicyclic amines) is 1. The molecule has 2 aromatic rings. The molecular formula is C18H23N3O3S. The van der Waals surface area contributed by atoms with E-state index in [-0.39, 0.29) is 23.8 Å². The first-order valence-electron chi connectivity index (χ1n) is 8.46. The van der Waals surface area contributed by atoms with Crippen LogP contribution in [0.1, 0.15) is 12.8 Å². The molecule has 1 unspecified atom stereocenters. The van der Waals surface area contributed by atoms with Gasteiger partial charge in [0.2, 0.25) is 15.9 Å². The summed E-state index contributed by atoms with van der Waals surface area (Å²) < 4.78 is 27.4. The highest BCUT2D eigenvalue weighted by molar-refractivity contribution is 7.89. The molecule has 0 aliphatic carbocycles. The van der Waals surface area contributed by atoms with Gasteiger partial charge in [0.25, 0.3) is 0 Å². The molecule has 1 saturated heterocycles. The smallest absolute Gasteiger partial charge is 0.240 e. The number of nitrogens with two attached hydrogens (primary N) is 1. The molecule has 0 spiro atoms. The minimum Gasteiger partial charge on any atom is -0.342 e. The summed E-state index contributed by atoms with van der Waals surface area (Å²) in [6.07, 6.45) is 1.08. The number of hydrogen-bond acceptors (Lipinski definition) is 4. The topological polar surface area (TPSA) is 92.5 Å². The Balaban J connectivity index is 1.58. The number of carbonyl (C=O) groups is 1. The van der Waals surface area contributed by atoms with Crippen LogP contribution in [0, 0.1) is 5.92 Å². The molecule has 7 heteroatoms. The third-order valence-corrected chi connectivity index (χ3v) is 6.09. The molecule has 1 heterocycles. The van der Waals surface area contributed by atoms with E-state index in [1.807, 2.05) is 24.3 Å². The van der Waals surface area contributed by atoms with Gasteiger partial charge in [-0.15, -0.1) is 0 Å². The lowest BCUT2D eigenvalue weighted by Crippen LogP contribution is -2.33. The van der Waals surface area contributed by atoms with Gasteiger partial charge in [-0.25, -0.2) is 13.1 Å². The van der Waals surface area contributed by atoms with Gasteiger partial charge >= 0.3 is 0 Å². The normalized spacial score (nSPS) is 18.0. The van der Waals surface area contributed by atoms with Crippen LogP contribution in [0.2, 0.25) is 0 Å². The minimum atomic E-state index is -3.63. The summed E-state index contributed by atoms with van der Waals surface area (Å²) in [5, 5.41) is 1.85. The number of rotatable bonds is 6. The molecule has 6 nitrogen and oxygen atoms in total. The van der Waals surface area contributed by atoms with Gasteiger partial charge in [-0.3, -0.25) is 4.79 Å². The summed E-state index contributed by atoms with van der Waals surface area (Å²) in [5.74, 6) is 0.329. The molecule has 1 aliphatic rings. The maximum atomic E-state index is 12.4. The molecule has 25 heavy (non-hydrogen) atoms. The predicted molar refractivity (Wildman–Crippen MR) is 97.5 cm³/mol. The van der Waals surface area contributed by atoms with Gasteiger partial charge < -0.3 is 10.6 Å². The van der Waals surface area contributed by atoms with E-state index >= 15 is 0 Å². The first-order chi connectivity index (χ1) is 12.0. The van der Waals surface area contributed by atoms with E-state index in [1.165, 1.54) is 0 Å². The highest BCUT2D eigenvalue weighted by atomic mass is 32.2. The Morgan fingerprint density at radius 1 is 1.20 bits per heavy atom. The van der Waals surface area contributed by atoms with Gasteiger partial charge in [0.05, 0.1) is 4.90 Å². The van der Waals surface area contributed by atoms with Gasteiger partial charge in [0, 0.05) is 26.1 Å². The van der Waals surface area contributed by atoms with Crippen molar-refractivity contribution in [3.05, 3.63) is 42.5 Å².